The average Bonchev–Trinajstić information content (AvgIpc) is 3.35. The molecule has 0 heterocycles. The highest BCUT2D eigenvalue weighted by molar-refractivity contribution is 7.45. The zero-order valence-corrected chi connectivity index (χ0v) is 51.0. The summed E-state index contributed by atoms with van der Waals surface area (Å²) in [6.45, 7) is 4.80. The predicted molar refractivity (Wildman–Crippen MR) is 316 cm³/mol. The molecule has 2 N–H and O–H groups in total. The van der Waals surface area contributed by atoms with Gasteiger partial charge < -0.3 is 28.8 Å². The first kappa shape index (κ1) is 72.5. The summed E-state index contributed by atoms with van der Waals surface area (Å²) < 4.78 is 23.5. The molecule has 0 aromatic carbocycles. The molecule has 73 heavy (non-hydrogen) atoms. The quantitative estimate of drug-likeness (QED) is 0.0357. The van der Waals surface area contributed by atoms with E-state index in [4.69, 9.17) is 9.05 Å². The molecule has 0 bridgehead atoms. The number of carbonyl (C=O) groups is 1. The number of phosphoric ester groups is 1. The second-order valence-corrected chi connectivity index (χ2v) is 25.6. The minimum absolute atomic E-state index is 0.0169. The third-order valence-electron chi connectivity index (χ3n) is 15.6. The summed E-state index contributed by atoms with van der Waals surface area (Å²) in [5.74, 6) is -0.154. The Hall–Kier alpha value is -0.500. The second kappa shape index (κ2) is 56.2. The molecule has 9 heteroatoms. The van der Waals surface area contributed by atoms with Crippen LogP contribution in [0.1, 0.15) is 354 Å². The van der Waals surface area contributed by atoms with Gasteiger partial charge >= 0.3 is 0 Å². The Morgan fingerprint density at radius 2 is 0.671 bits per heavy atom. The van der Waals surface area contributed by atoms with Crippen molar-refractivity contribution in [2.24, 2.45) is 0 Å². The van der Waals surface area contributed by atoms with Crippen LogP contribution in [0.4, 0.5) is 0 Å². The van der Waals surface area contributed by atoms with Crippen molar-refractivity contribution < 1.29 is 32.9 Å². The molecule has 0 fully saturated rings. The fourth-order valence-corrected chi connectivity index (χ4v) is 11.2. The number of nitrogens with zero attached hydrogens (tertiary/aromatic N) is 1. The number of unbranched alkanes of at least 4 members (excludes halogenated alkanes) is 49. The molecule has 0 spiro atoms. The summed E-state index contributed by atoms with van der Waals surface area (Å²) in [6.07, 6.45) is 68.8. The van der Waals surface area contributed by atoms with Crippen molar-refractivity contribution in [1.82, 2.24) is 5.32 Å². The van der Waals surface area contributed by atoms with Gasteiger partial charge in [0.15, 0.2) is 0 Å². The number of rotatable bonds is 62. The van der Waals surface area contributed by atoms with E-state index in [0.29, 0.717) is 23.9 Å². The molecule has 0 aliphatic heterocycles. The summed E-state index contributed by atoms with van der Waals surface area (Å²) in [5, 5.41) is 14.1. The number of aliphatic hydroxyl groups excluding tert-OH is 1. The highest BCUT2D eigenvalue weighted by atomic mass is 31.2. The minimum atomic E-state index is -4.57. The van der Waals surface area contributed by atoms with Crippen molar-refractivity contribution in [1.29, 1.82) is 0 Å². The zero-order chi connectivity index (χ0) is 53.5. The molecular weight excluding hydrogens is 924 g/mol. The number of carbonyl (C=O) groups excluding carboxylic acids is 1. The molecule has 0 saturated carbocycles. The van der Waals surface area contributed by atoms with Crippen LogP contribution in [0.2, 0.25) is 0 Å². The van der Waals surface area contributed by atoms with Gasteiger partial charge in [0, 0.05) is 6.42 Å². The highest BCUT2D eigenvalue weighted by Gasteiger charge is 2.24. The molecule has 3 atom stereocenters. The third kappa shape index (κ3) is 59.0. The Bertz CT molecular complexity index is 1150. The normalized spacial score (nSPS) is 13.7. The van der Waals surface area contributed by atoms with Crippen LogP contribution >= 0.6 is 7.82 Å². The topological polar surface area (TPSA) is 108 Å². The number of aliphatic hydroxyl groups is 1. The number of hydrogen-bond donors (Lipinski definition) is 2. The van der Waals surface area contributed by atoms with E-state index in [9.17, 15) is 19.4 Å². The second-order valence-electron chi connectivity index (χ2n) is 24.2. The Morgan fingerprint density at radius 1 is 0.425 bits per heavy atom. The molecule has 438 valence electrons. The van der Waals surface area contributed by atoms with E-state index in [1.54, 1.807) is 0 Å². The van der Waals surface area contributed by atoms with Gasteiger partial charge in [-0.2, -0.15) is 0 Å². The van der Waals surface area contributed by atoms with Gasteiger partial charge in [0.25, 0.3) is 7.82 Å². The van der Waals surface area contributed by atoms with E-state index in [-0.39, 0.29) is 19.1 Å². The summed E-state index contributed by atoms with van der Waals surface area (Å²) in [4.78, 5) is 25.6. The van der Waals surface area contributed by atoms with Crippen LogP contribution in [0.25, 0.3) is 0 Å². The predicted octanol–water partition coefficient (Wildman–Crippen LogP) is 19.8. The number of phosphoric acid groups is 1. The van der Waals surface area contributed by atoms with E-state index in [1.165, 1.54) is 289 Å². The Labute approximate surface area is 457 Å². The van der Waals surface area contributed by atoms with Crippen molar-refractivity contribution in [2.75, 3.05) is 40.9 Å². The molecule has 8 nitrogen and oxygen atoms in total. The molecule has 0 saturated heterocycles. The molecule has 0 aliphatic rings. The lowest BCUT2D eigenvalue weighted by Crippen LogP contribution is -2.46. The van der Waals surface area contributed by atoms with E-state index in [0.717, 1.165) is 38.5 Å². The molecule has 0 aromatic heterocycles. The summed E-state index contributed by atoms with van der Waals surface area (Å²) >= 11 is 0. The van der Waals surface area contributed by atoms with Crippen molar-refractivity contribution in [3.05, 3.63) is 0 Å². The molecular formula is C64H131N2O6P. The van der Waals surface area contributed by atoms with Gasteiger partial charge in [-0.1, -0.05) is 335 Å². The standard InChI is InChI=1S/C64H131N2O6P/c1-6-8-10-12-14-16-18-20-22-24-26-28-30-31-32-33-34-36-37-39-41-43-45-47-49-51-53-55-57-63(67)62(61-72-73(69,70)71-60-59-66(3,4)5)65-64(68)58-56-54-52-50-48-46-44-42-40-38-35-29-27-25-23-21-19-17-15-13-11-9-7-2/h62-63,67H,6-61H2,1-5H3,(H-,65,68,69,70). The summed E-state index contributed by atoms with van der Waals surface area (Å²) in [5.41, 5.74) is 0. The van der Waals surface area contributed by atoms with E-state index >= 15 is 0 Å². The van der Waals surface area contributed by atoms with Gasteiger partial charge in [-0.05, 0) is 12.8 Å². The number of nitrogens with one attached hydrogen (secondary N) is 1. The van der Waals surface area contributed by atoms with Crippen molar-refractivity contribution in [3.8, 4) is 0 Å². The maximum Gasteiger partial charge on any atom is 0.268 e. The largest absolute Gasteiger partial charge is 0.756 e. The Morgan fingerprint density at radius 3 is 0.932 bits per heavy atom. The number of likely N-dealkylation sites (N-methyl/N-ethyl adjacent to an activating group) is 1. The van der Waals surface area contributed by atoms with Gasteiger partial charge in [0.2, 0.25) is 5.91 Å². The van der Waals surface area contributed by atoms with Crippen LogP contribution in [0.5, 0.6) is 0 Å². The van der Waals surface area contributed by atoms with Gasteiger partial charge in [-0.3, -0.25) is 9.36 Å². The summed E-state index contributed by atoms with van der Waals surface area (Å²) in [7, 11) is 1.33. The van der Waals surface area contributed by atoms with Crippen LogP contribution < -0.4 is 10.2 Å². The fraction of sp³-hybridized carbons (Fsp3) is 0.984. The van der Waals surface area contributed by atoms with E-state index < -0.39 is 20.0 Å². The lowest BCUT2D eigenvalue weighted by atomic mass is 10.0. The SMILES string of the molecule is CCCCCCCCCCCCCCCCCCCCCCCCCCCCCCC(O)C(COP(=O)([O-])OCC[N+](C)(C)C)NC(=O)CCCCCCCCCCCCCCCCCCCCCCCCC. The first-order valence-corrected chi connectivity index (χ1v) is 34.3. The van der Waals surface area contributed by atoms with Crippen molar-refractivity contribution >= 4 is 13.7 Å². The fourth-order valence-electron chi connectivity index (χ4n) is 10.5. The van der Waals surface area contributed by atoms with Crippen LogP contribution in [0.15, 0.2) is 0 Å². The lowest BCUT2D eigenvalue weighted by molar-refractivity contribution is -0.870. The van der Waals surface area contributed by atoms with Crippen LogP contribution in [-0.4, -0.2) is 68.5 Å². The molecule has 0 radical (unpaired) electrons. The third-order valence-corrected chi connectivity index (χ3v) is 16.6. The number of hydrogen-bond acceptors (Lipinski definition) is 6. The van der Waals surface area contributed by atoms with Crippen molar-refractivity contribution in [2.45, 2.75) is 366 Å². The highest BCUT2D eigenvalue weighted by Crippen LogP contribution is 2.38. The zero-order valence-electron chi connectivity index (χ0n) is 50.1. The van der Waals surface area contributed by atoms with Gasteiger partial charge in [0.1, 0.15) is 13.2 Å². The van der Waals surface area contributed by atoms with Gasteiger partial charge in [-0.15, -0.1) is 0 Å². The van der Waals surface area contributed by atoms with Crippen LogP contribution in [-0.2, 0) is 18.4 Å². The molecule has 0 aromatic rings. The molecule has 0 aliphatic carbocycles. The average molecular weight is 1060 g/mol. The summed E-state index contributed by atoms with van der Waals surface area (Å²) in [6, 6.07) is -0.796. The maximum absolute atomic E-state index is 13.0. The van der Waals surface area contributed by atoms with E-state index in [1.807, 2.05) is 21.1 Å². The number of quaternary nitrogens is 1. The maximum atomic E-state index is 13.0. The smallest absolute Gasteiger partial charge is 0.268 e. The first-order valence-electron chi connectivity index (χ1n) is 32.9. The minimum Gasteiger partial charge on any atom is -0.756 e. The van der Waals surface area contributed by atoms with Gasteiger partial charge in [-0.25, -0.2) is 0 Å². The monoisotopic (exact) mass is 1050 g/mol. The Balaban J connectivity index is 4.03. The van der Waals surface area contributed by atoms with E-state index in [2.05, 4.69) is 19.2 Å². The van der Waals surface area contributed by atoms with Crippen molar-refractivity contribution in [3.63, 3.8) is 0 Å². The molecule has 1 amide bonds. The van der Waals surface area contributed by atoms with Crippen LogP contribution in [0, 0.1) is 0 Å². The van der Waals surface area contributed by atoms with Gasteiger partial charge in [0.05, 0.1) is 39.9 Å². The Kier molecular flexibility index (Phi) is 55.8. The first-order chi connectivity index (χ1) is 35.5. The number of amides is 1. The molecule has 0 rings (SSSR count). The molecule has 3 unspecified atom stereocenters. The lowest BCUT2D eigenvalue weighted by Gasteiger charge is -2.30. The van der Waals surface area contributed by atoms with Crippen LogP contribution in [0.3, 0.4) is 0 Å².